The lowest BCUT2D eigenvalue weighted by Crippen LogP contribution is -2.33. The molecule has 9 heteroatoms. The molecule has 0 heterocycles. The lowest BCUT2D eigenvalue weighted by molar-refractivity contribution is -0.0435. The van der Waals surface area contributed by atoms with Crippen molar-refractivity contribution in [2.45, 2.75) is 29.3 Å². The molecule has 1 fully saturated rings. The zero-order chi connectivity index (χ0) is 15.8. The van der Waals surface area contributed by atoms with Gasteiger partial charge in [-0.3, -0.25) is 0 Å². The molecule has 1 aromatic rings. The second-order valence-corrected chi connectivity index (χ2v) is 6.87. The number of alkyl halides is 3. The summed E-state index contributed by atoms with van der Waals surface area (Å²) in [6.45, 7) is 0.211. The number of aliphatic hydroxyl groups excluding tert-OH is 1. The Morgan fingerprint density at radius 3 is 2.43 bits per heavy atom. The van der Waals surface area contributed by atoms with E-state index in [-0.39, 0.29) is 18.2 Å². The zero-order valence-corrected chi connectivity index (χ0v) is 11.5. The van der Waals surface area contributed by atoms with Crippen LogP contribution >= 0.6 is 0 Å². The van der Waals surface area contributed by atoms with Gasteiger partial charge >= 0.3 is 5.51 Å². The Bertz CT molecular complexity index is 624. The van der Waals surface area contributed by atoms with Crippen molar-refractivity contribution >= 4 is 15.5 Å². The molecule has 0 amide bonds. The predicted octanol–water partition coefficient (Wildman–Crippen LogP) is 2.30. The first-order valence-corrected chi connectivity index (χ1v) is 7.62. The van der Waals surface area contributed by atoms with Gasteiger partial charge in [-0.05, 0) is 37.0 Å². The van der Waals surface area contributed by atoms with E-state index in [0.717, 1.165) is 12.1 Å². The summed E-state index contributed by atoms with van der Waals surface area (Å²) >= 11 is 0. The molecule has 2 rings (SSSR count). The van der Waals surface area contributed by atoms with E-state index in [1.54, 1.807) is 0 Å². The maximum Gasteiger partial charge on any atom is 0.501 e. The molecular weight excluding hydrogens is 314 g/mol. The topological polar surface area (TPSA) is 66.4 Å². The third-order valence-electron chi connectivity index (χ3n) is 3.33. The highest BCUT2D eigenvalue weighted by Gasteiger charge is 2.48. The number of nitrogens with one attached hydrogen (secondary N) is 1. The quantitative estimate of drug-likeness (QED) is 0.833. The lowest BCUT2D eigenvalue weighted by atomic mass is 9.82. The van der Waals surface area contributed by atoms with Gasteiger partial charge in [0.15, 0.2) is 0 Å². The van der Waals surface area contributed by atoms with Crippen molar-refractivity contribution in [1.29, 1.82) is 0 Å². The van der Waals surface area contributed by atoms with E-state index in [1.807, 2.05) is 0 Å². The number of sulfone groups is 1. The van der Waals surface area contributed by atoms with Crippen LogP contribution in [0, 0.1) is 11.7 Å². The standard InChI is InChI=1S/C12H13F4NO3S/c13-8-1-2-10(17-6-7-3-9(18)4-7)11(5-8)21(19,20)12(14,15)16/h1-2,5,7,9,17-18H,3-4,6H2. The third-order valence-corrected chi connectivity index (χ3v) is 4.86. The molecular formula is C12H13F4NO3S. The molecule has 1 aliphatic carbocycles. The van der Waals surface area contributed by atoms with Gasteiger partial charge < -0.3 is 10.4 Å². The first kappa shape index (κ1) is 16.0. The molecule has 0 aliphatic heterocycles. The number of hydrogen-bond donors (Lipinski definition) is 2. The first-order chi connectivity index (χ1) is 9.61. The van der Waals surface area contributed by atoms with Crippen molar-refractivity contribution in [2.24, 2.45) is 5.92 Å². The van der Waals surface area contributed by atoms with Gasteiger partial charge in [0.05, 0.1) is 11.8 Å². The summed E-state index contributed by atoms with van der Waals surface area (Å²) < 4.78 is 73.7. The van der Waals surface area contributed by atoms with E-state index in [1.165, 1.54) is 0 Å². The third kappa shape index (κ3) is 3.29. The molecule has 0 saturated heterocycles. The smallest absolute Gasteiger partial charge is 0.393 e. The van der Waals surface area contributed by atoms with E-state index in [9.17, 15) is 26.0 Å². The van der Waals surface area contributed by atoms with Crippen molar-refractivity contribution in [2.75, 3.05) is 11.9 Å². The van der Waals surface area contributed by atoms with Gasteiger partial charge in [0.25, 0.3) is 9.84 Å². The van der Waals surface area contributed by atoms with Crippen LogP contribution in [-0.4, -0.2) is 31.7 Å². The Morgan fingerprint density at radius 2 is 1.90 bits per heavy atom. The Morgan fingerprint density at radius 1 is 1.29 bits per heavy atom. The van der Waals surface area contributed by atoms with Crippen molar-refractivity contribution < 1.29 is 31.1 Å². The highest BCUT2D eigenvalue weighted by atomic mass is 32.2. The molecule has 0 radical (unpaired) electrons. The van der Waals surface area contributed by atoms with Crippen LogP contribution in [0.2, 0.25) is 0 Å². The number of aliphatic hydroxyl groups is 1. The molecule has 0 aromatic heterocycles. The second-order valence-electron chi connectivity index (χ2n) is 4.96. The van der Waals surface area contributed by atoms with Crippen LogP contribution in [0.25, 0.3) is 0 Å². The minimum absolute atomic E-state index is 0.0477. The summed E-state index contributed by atoms with van der Waals surface area (Å²) in [7, 11) is -5.63. The summed E-state index contributed by atoms with van der Waals surface area (Å²) in [5, 5.41) is 11.7. The average molecular weight is 327 g/mol. The summed E-state index contributed by atoms with van der Waals surface area (Å²) in [6.07, 6.45) is 0.564. The van der Waals surface area contributed by atoms with Crippen molar-refractivity contribution in [3.63, 3.8) is 0 Å². The van der Waals surface area contributed by atoms with Crippen LogP contribution in [0.15, 0.2) is 23.1 Å². The van der Waals surface area contributed by atoms with Gasteiger partial charge in [0.1, 0.15) is 10.7 Å². The van der Waals surface area contributed by atoms with Crippen LogP contribution in [0.3, 0.4) is 0 Å². The fourth-order valence-electron chi connectivity index (χ4n) is 2.11. The zero-order valence-electron chi connectivity index (χ0n) is 10.7. The monoisotopic (exact) mass is 327 g/mol. The lowest BCUT2D eigenvalue weighted by Gasteiger charge is -2.31. The molecule has 0 spiro atoms. The van der Waals surface area contributed by atoms with Gasteiger partial charge in [-0.15, -0.1) is 0 Å². The highest BCUT2D eigenvalue weighted by molar-refractivity contribution is 7.92. The molecule has 0 atom stereocenters. The first-order valence-electron chi connectivity index (χ1n) is 6.14. The summed E-state index contributed by atoms with van der Waals surface area (Å²) in [4.78, 5) is -1.13. The number of rotatable bonds is 4. The molecule has 1 aromatic carbocycles. The number of benzene rings is 1. The number of halogens is 4. The minimum atomic E-state index is -5.63. The normalized spacial score (nSPS) is 22.7. The maximum absolute atomic E-state index is 13.1. The SMILES string of the molecule is O=S(=O)(c1cc(F)ccc1NCC1CC(O)C1)C(F)(F)F. The van der Waals surface area contributed by atoms with Crippen molar-refractivity contribution in [3.8, 4) is 0 Å². The van der Waals surface area contributed by atoms with Crippen LogP contribution in [0.4, 0.5) is 23.2 Å². The second kappa shape index (κ2) is 5.45. The highest BCUT2D eigenvalue weighted by Crippen LogP contribution is 2.35. The maximum atomic E-state index is 13.1. The Labute approximate surface area is 118 Å². The molecule has 21 heavy (non-hydrogen) atoms. The summed E-state index contributed by atoms with van der Waals surface area (Å²) in [5.41, 5.74) is -5.79. The number of hydrogen-bond acceptors (Lipinski definition) is 4. The van der Waals surface area contributed by atoms with Crippen LogP contribution < -0.4 is 5.32 Å². The van der Waals surface area contributed by atoms with E-state index < -0.39 is 32.2 Å². The van der Waals surface area contributed by atoms with Crippen LogP contribution in [0.1, 0.15) is 12.8 Å². The van der Waals surface area contributed by atoms with Gasteiger partial charge in [-0.2, -0.15) is 13.2 Å². The fourth-order valence-corrected chi connectivity index (χ4v) is 3.06. The van der Waals surface area contributed by atoms with Crippen molar-refractivity contribution in [1.82, 2.24) is 0 Å². The fraction of sp³-hybridized carbons (Fsp3) is 0.500. The summed E-state index contributed by atoms with van der Waals surface area (Å²) in [5.74, 6) is -1.02. The van der Waals surface area contributed by atoms with Gasteiger partial charge in [0, 0.05) is 6.54 Å². The summed E-state index contributed by atoms with van der Waals surface area (Å²) in [6, 6.07) is 2.19. The van der Waals surface area contributed by atoms with Crippen LogP contribution in [0.5, 0.6) is 0 Å². The molecule has 4 nitrogen and oxygen atoms in total. The van der Waals surface area contributed by atoms with Crippen molar-refractivity contribution in [3.05, 3.63) is 24.0 Å². The Balaban J connectivity index is 2.26. The average Bonchev–Trinajstić information content (AvgIpc) is 2.33. The van der Waals surface area contributed by atoms with E-state index in [2.05, 4.69) is 5.32 Å². The van der Waals surface area contributed by atoms with E-state index >= 15 is 0 Å². The molecule has 0 unspecified atom stereocenters. The molecule has 1 saturated carbocycles. The van der Waals surface area contributed by atoms with Gasteiger partial charge in [-0.1, -0.05) is 0 Å². The Hall–Kier alpha value is -1.35. The minimum Gasteiger partial charge on any atom is -0.393 e. The number of anilines is 1. The van der Waals surface area contributed by atoms with Gasteiger partial charge in [-0.25, -0.2) is 12.8 Å². The van der Waals surface area contributed by atoms with Gasteiger partial charge in [0.2, 0.25) is 0 Å². The molecule has 0 bridgehead atoms. The molecule has 1 aliphatic rings. The molecule has 2 N–H and O–H groups in total. The van der Waals surface area contributed by atoms with E-state index in [4.69, 9.17) is 5.11 Å². The van der Waals surface area contributed by atoms with Crippen LogP contribution in [-0.2, 0) is 9.84 Å². The predicted molar refractivity (Wildman–Crippen MR) is 66.9 cm³/mol. The Kier molecular flexibility index (Phi) is 4.16. The molecule has 118 valence electrons. The van der Waals surface area contributed by atoms with E-state index in [0.29, 0.717) is 18.9 Å². The largest absolute Gasteiger partial charge is 0.501 e.